The highest BCUT2D eigenvalue weighted by Gasteiger charge is 1.67. The molecule has 68 valence electrons. The standard InChI is InChI=1S/C6H7N.CHCl2N.ClH/c1-2-4-6-7-5-3-1;2-1(3)4;/h1-7H;4H;1H. The van der Waals surface area contributed by atoms with E-state index in [0.29, 0.717) is 0 Å². The van der Waals surface area contributed by atoms with Crippen LogP contribution in [0.3, 0.4) is 0 Å². The van der Waals surface area contributed by atoms with E-state index in [2.05, 4.69) is 28.5 Å². The lowest BCUT2D eigenvalue weighted by Crippen LogP contribution is -1.87. The summed E-state index contributed by atoms with van der Waals surface area (Å²) in [4.78, 5) is 0. The zero-order chi connectivity index (χ0) is 8.53. The third-order valence-corrected chi connectivity index (χ3v) is 0.718. The molecule has 1 aliphatic heterocycles. The number of nitrogens with one attached hydrogen (secondary N) is 2. The van der Waals surface area contributed by atoms with Crippen molar-refractivity contribution in [1.29, 1.82) is 5.41 Å². The number of hydrogen-bond acceptors (Lipinski definition) is 2. The van der Waals surface area contributed by atoms with Crippen molar-refractivity contribution in [2.45, 2.75) is 0 Å². The number of rotatable bonds is 0. The minimum Gasteiger partial charge on any atom is -0.368 e. The smallest absolute Gasteiger partial charge is 0.189 e. The second-order valence-electron chi connectivity index (χ2n) is 1.53. The molecule has 2 nitrogen and oxygen atoms in total. The van der Waals surface area contributed by atoms with E-state index in [1.54, 1.807) is 0 Å². The Bertz CT molecular complexity index is 179. The van der Waals surface area contributed by atoms with Crippen molar-refractivity contribution >= 4 is 40.2 Å². The van der Waals surface area contributed by atoms with E-state index in [1.165, 1.54) is 0 Å². The predicted molar refractivity (Wildman–Crippen MR) is 57.2 cm³/mol. The lowest BCUT2D eigenvalue weighted by molar-refractivity contribution is 1.20. The Morgan fingerprint density at radius 2 is 1.33 bits per heavy atom. The summed E-state index contributed by atoms with van der Waals surface area (Å²) in [5.41, 5.74) is 0. The van der Waals surface area contributed by atoms with Gasteiger partial charge in [-0.15, -0.1) is 12.4 Å². The molecule has 1 heterocycles. The average Bonchev–Trinajstić information content (AvgIpc) is 2.13. The molecule has 0 amide bonds. The lowest BCUT2D eigenvalue weighted by Gasteiger charge is -1.79. The molecule has 0 bridgehead atoms. The van der Waals surface area contributed by atoms with E-state index in [1.807, 2.05) is 36.7 Å². The van der Waals surface area contributed by atoms with Crippen molar-refractivity contribution < 1.29 is 0 Å². The van der Waals surface area contributed by atoms with Crippen molar-refractivity contribution in [3.63, 3.8) is 0 Å². The quantitative estimate of drug-likeness (QED) is 0.613. The van der Waals surface area contributed by atoms with Gasteiger partial charge in [-0.2, -0.15) is 0 Å². The molecule has 5 heteroatoms. The third kappa shape index (κ3) is 16.3. The van der Waals surface area contributed by atoms with Gasteiger partial charge in [0, 0.05) is 12.4 Å². The van der Waals surface area contributed by atoms with Gasteiger partial charge in [0.2, 0.25) is 0 Å². The van der Waals surface area contributed by atoms with Crippen LogP contribution in [-0.4, -0.2) is 4.63 Å². The Morgan fingerprint density at radius 3 is 1.67 bits per heavy atom. The van der Waals surface area contributed by atoms with Crippen LogP contribution in [0.25, 0.3) is 0 Å². The third-order valence-electron chi connectivity index (χ3n) is 0.718. The van der Waals surface area contributed by atoms with Crippen LogP contribution in [0.1, 0.15) is 0 Å². The van der Waals surface area contributed by atoms with Gasteiger partial charge in [-0.05, 0) is 35.4 Å². The Labute approximate surface area is 87.9 Å². The van der Waals surface area contributed by atoms with E-state index in [0.717, 1.165) is 0 Å². The van der Waals surface area contributed by atoms with Crippen LogP contribution in [0.15, 0.2) is 36.7 Å². The molecule has 0 saturated heterocycles. The van der Waals surface area contributed by atoms with Crippen LogP contribution in [0, 0.1) is 5.41 Å². The summed E-state index contributed by atoms with van der Waals surface area (Å²) >= 11 is 9.25. The van der Waals surface area contributed by atoms with E-state index >= 15 is 0 Å². The molecule has 12 heavy (non-hydrogen) atoms. The maximum absolute atomic E-state index is 6.03. The van der Waals surface area contributed by atoms with Crippen LogP contribution in [0.2, 0.25) is 0 Å². The van der Waals surface area contributed by atoms with Crippen LogP contribution < -0.4 is 5.32 Å². The zero-order valence-electron chi connectivity index (χ0n) is 6.13. The average molecular weight is 228 g/mol. The molecule has 0 aromatic rings. The highest BCUT2D eigenvalue weighted by atomic mass is 35.5. The van der Waals surface area contributed by atoms with Gasteiger partial charge in [-0.3, -0.25) is 5.41 Å². The molecule has 0 saturated carbocycles. The maximum atomic E-state index is 6.03. The van der Waals surface area contributed by atoms with Gasteiger partial charge < -0.3 is 5.32 Å². The molecule has 0 aromatic heterocycles. The van der Waals surface area contributed by atoms with Crippen LogP contribution in [-0.2, 0) is 0 Å². The summed E-state index contributed by atoms with van der Waals surface area (Å²) in [5.74, 6) is 0. The SMILES string of the molecule is C1=CC=CNC=C1.Cl.N=C(Cl)Cl. The molecule has 0 aromatic carbocycles. The van der Waals surface area contributed by atoms with Gasteiger partial charge in [0.1, 0.15) is 0 Å². The molecule has 0 unspecified atom stereocenters. The van der Waals surface area contributed by atoms with Crippen LogP contribution >= 0.6 is 35.6 Å². The number of halogens is 3. The van der Waals surface area contributed by atoms with E-state index in [-0.39, 0.29) is 17.0 Å². The first-order valence-corrected chi connectivity index (χ1v) is 3.63. The molecule has 2 N–H and O–H groups in total. The first-order valence-electron chi connectivity index (χ1n) is 2.87. The Balaban J connectivity index is 0. The van der Waals surface area contributed by atoms with Gasteiger partial charge >= 0.3 is 0 Å². The first-order chi connectivity index (χ1) is 5.23. The molecular weight excluding hydrogens is 218 g/mol. The van der Waals surface area contributed by atoms with E-state index in [9.17, 15) is 0 Å². The fraction of sp³-hybridized carbons (Fsp3) is 0. The van der Waals surface area contributed by atoms with Crippen LogP contribution in [0.4, 0.5) is 0 Å². The van der Waals surface area contributed by atoms with Crippen LogP contribution in [0.5, 0.6) is 0 Å². The van der Waals surface area contributed by atoms with Crippen molar-refractivity contribution in [2.75, 3.05) is 0 Å². The maximum Gasteiger partial charge on any atom is 0.189 e. The topological polar surface area (TPSA) is 35.9 Å². The van der Waals surface area contributed by atoms with E-state index < -0.39 is 0 Å². The Kier molecular flexibility index (Phi) is 12.4. The van der Waals surface area contributed by atoms with Gasteiger partial charge in [0.25, 0.3) is 0 Å². The van der Waals surface area contributed by atoms with Gasteiger partial charge in [-0.25, -0.2) is 0 Å². The summed E-state index contributed by atoms with van der Waals surface area (Å²) in [7, 11) is 0. The normalized spacial score (nSPS) is 11.5. The first kappa shape index (κ1) is 14.1. The monoisotopic (exact) mass is 226 g/mol. The van der Waals surface area contributed by atoms with Gasteiger partial charge in [0.05, 0.1) is 0 Å². The highest BCUT2D eigenvalue weighted by Crippen LogP contribution is 1.81. The summed E-state index contributed by atoms with van der Waals surface area (Å²) < 4.78 is -0.389. The van der Waals surface area contributed by atoms with Crippen molar-refractivity contribution in [1.82, 2.24) is 5.32 Å². The lowest BCUT2D eigenvalue weighted by atomic mass is 10.5. The van der Waals surface area contributed by atoms with E-state index in [4.69, 9.17) is 5.41 Å². The molecule has 0 radical (unpaired) electrons. The minimum absolute atomic E-state index is 0. The summed E-state index contributed by atoms with van der Waals surface area (Å²) in [6, 6.07) is 0. The largest absolute Gasteiger partial charge is 0.368 e. The number of hydrogen-bond donors (Lipinski definition) is 2. The van der Waals surface area contributed by atoms with Crippen molar-refractivity contribution in [2.24, 2.45) is 0 Å². The summed E-state index contributed by atoms with van der Waals surface area (Å²) in [5, 5.41) is 8.95. The minimum atomic E-state index is -0.389. The Hall–Kier alpha value is -0.440. The second-order valence-corrected chi connectivity index (χ2v) is 2.48. The molecule has 0 spiro atoms. The zero-order valence-corrected chi connectivity index (χ0v) is 8.46. The fourth-order valence-corrected chi connectivity index (χ4v) is 0.406. The molecule has 0 atom stereocenters. The predicted octanol–water partition coefficient (Wildman–Crippen LogP) is 2.99. The molecular formula is C7H9Cl3N2. The van der Waals surface area contributed by atoms with Gasteiger partial charge in [0.15, 0.2) is 4.63 Å². The van der Waals surface area contributed by atoms with Crippen molar-refractivity contribution in [3.8, 4) is 0 Å². The molecule has 0 fully saturated rings. The second kappa shape index (κ2) is 10.6. The molecule has 1 rings (SSSR count). The molecule has 0 aliphatic carbocycles. The molecule has 1 aliphatic rings. The summed E-state index contributed by atoms with van der Waals surface area (Å²) in [6.07, 6.45) is 11.6. The van der Waals surface area contributed by atoms with Gasteiger partial charge in [-0.1, -0.05) is 12.2 Å². The fourth-order valence-electron chi connectivity index (χ4n) is 0.406. The number of allylic oxidation sites excluding steroid dienone is 4. The Morgan fingerprint density at radius 1 is 1.00 bits per heavy atom. The van der Waals surface area contributed by atoms with Crippen molar-refractivity contribution in [3.05, 3.63) is 36.7 Å². The highest BCUT2D eigenvalue weighted by molar-refractivity contribution is 6.94. The summed E-state index contributed by atoms with van der Waals surface area (Å²) in [6.45, 7) is 0.